The third-order valence-electron chi connectivity index (χ3n) is 2.27. The van der Waals surface area contributed by atoms with Gasteiger partial charge in [-0.2, -0.15) is 0 Å². The van der Waals surface area contributed by atoms with Crippen LogP contribution in [0.1, 0.15) is 15.3 Å². The normalized spacial score (nSPS) is 10.5. The van der Waals surface area contributed by atoms with Crippen LogP contribution in [0.3, 0.4) is 0 Å². The maximum absolute atomic E-state index is 3.44. The molecule has 2 heteroatoms. The number of nitrogens with one attached hydrogen (secondary N) is 1. The molecule has 15 heavy (non-hydrogen) atoms. The van der Waals surface area contributed by atoms with Crippen LogP contribution < -0.4 is 5.32 Å². The van der Waals surface area contributed by atoms with Gasteiger partial charge in [-0.05, 0) is 24.6 Å². The molecule has 0 aliphatic rings. The Bertz CT molecular complexity index is 405. The highest BCUT2D eigenvalue weighted by atomic mass is 32.1. The van der Waals surface area contributed by atoms with E-state index in [1.807, 2.05) is 17.4 Å². The first-order chi connectivity index (χ1) is 7.34. The van der Waals surface area contributed by atoms with Crippen LogP contribution >= 0.6 is 11.3 Å². The zero-order valence-corrected chi connectivity index (χ0v) is 9.68. The molecule has 0 atom stereocenters. The molecule has 0 unspecified atom stereocenters. The van der Waals surface area contributed by atoms with E-state index in [0.29, 0.717) is 0 Å². The van der Waals surface area contributed by atoms with Crippen LogP contribution in [0.2, 0.25) is 0 Å². The van der Waals surface area contributed by atoms with Crippen molar-refractivity contribution < 1.29 is 0 Å². The van der Waals surface area contributed by atoms with Gasteiger partial charge in [-0.25, -0.2) is 0 Å². The van der Waals surface area contributed by atoms with Gasteiger partial charge in [0.2, 0.25) is 0 Å². The Morgan fingerprint density at radius 3 is 2.47 bits per heavy atom. The van der Waals surface area contributed by atoms with Crippen molar-refractivity contribution in [1.82, 2.24) is 5.32 Å². The molecule has 0 amide bonds. The number of thiophene rings is 1. The Balaban J connectivity index is 1.80. The largest absolute Gasteiger partial charge is 0.308 e. The van der Waals surface area contributed by atoms with E-state index in [1.54, 1.807) is 0 Å². The van der Waals surface area contributed by atoms with Crippen LogP contribution in [0.5, 0.6) is 0 Å². The zero-order chi connectivity index (χ0) is 10.5. The van der Waals surface area contributed by atoms with E-state index in [9.17, 15) is 0 Å². The molecule has 0 aliphatic heterocycles. The van der Waals surface area contributed by atoms with Crippen molar-refractivity contribution in [3.05, 3.63) is 57.8 Å². The summed E-state index contributed by atoms with van der Waals surface area (Å²) in [5.41, 5.74) is 1.34. The zero-order valence-electron chi connectivity index (χ0n) is 8.86. The van der Waals surface area contributed by atoms with Crippen molar-refractivity contribution in [3.8, 4) is 0 Å². The van der Waals surface area contributed by atoms with Crippen LogP contribution in [-0.4, -0.2) is 0 Å². The van der Waals surface area contributed by atoms with E-state index < -0.39 is 0 Å². The molecule has 0 bridgehead atoms. The minimum absolute atomic E-state index is 0.942. The van der Waals surface area contributed by atoms with Gasteiger partial charge in [0, 0.05) is 22.8 Å². The summed E-state index contributed by atoms with van der Waals surface area (Å²) >= 11 is 1.86. The molecule has 1 heterocycles. The lowest BCUT2D eigenvalue weighted by Gasteiger charge is -2.02. The molecule has 2 aromatic rings. The summed E-state index contributed by atoms with van der Waals surface area (Å²) in [6.07, 6.45) is 0. The van der Waals surface area contributed by atoms with Gasteiger partial charge in [0.1, 0.15) is 0 Å². The molecule has 0 fully saturated rings. The van der Waals surface area contributed by atoms with Gasteiger partial charge in [-0.3, -0.25) is 0 Å². The summed E-state index contributed by atoms with van der Waals surface area (Å²) in [4.78, 5) is 2.79. The van der Waals surface area contributed by atoms with Gasteiger partial charge in [-0.15, -0.1) is 11.3 Å². The van der Waals surface area contributed by atoms with Crippen LogP contribution in [0.4, 0.5) is 0 Å². The quantitative estimate of drug-likeness (QED) is 0.828. The topological polar surface area (TPSA) is 12.0 Å². The fourth-order valence-electron chi connectivity index (χ4n) is 1.51. The molecular formula is C13H15NS. The molecule has 0 saturated carbocycles. The number of benzene rings is 1. The van der Waals surface area contributed by atoms with Gasteiger partial charge < -0.3 is 5.32 Å². The van der Waals surface area contributed by atoms with Gasteiger partial charge in [-0.1, -0.05) is 30.3 Å². The lowest BCUT2D eigenvalue weighted by Crippen LogP contribution is -2.11. The van der Waals surface area contributed by atoms with Crippen molar-refractivity contribution in [2.24, 2.45) is 0 Å². The highest BCUT2D eigenvalue weighted by molar-refractivity contribution is 7.11. The second-order valence-corrected chi connectivity index (χ2v) is 4.97. The van der Waals surface area contributed by atoms with E-state index >= 15 is 0 Å². The fraction of sp³-hybridized carbons (Fsp3) is 0.231. The second-order valence-electron chi connectivity index (χ2n) is 3.60. The lowest BCUT2D eigenvalue weighted by molar-refractivity contribution is 0.701. The highest BCUT2D eigenvalue weighted by Gasteiger charge is 1.96. The standard InChI is InChI=1S/C13H15NS/c1-11-7-8-13(15-11)10-14-9-12-5-3-2-4-6-12/h2-8,14H,9-10H2,1H3. The Hall–Kier alpha value is -1.12. The Kier molecular flexibility index (Phi) is 3.54. The minimum atomic E-state index is 0.942. The van der Waals surface area contributed by atoms with E-state index in [0.717, 1.165) is 13.1 Å². The Morgan fingerprint density at radius 1 is 1.00 bits per heavy atom. The first-order valence-electron chi connectivity index (χ1n) is 5.14. The summed E-state index contributed by atoms with van der Waals surface area (Å²) in [5.74, 6) is 0. The minimum Gasteiger partial charge on any atom is -0.308 e. The van der Waals surface area contributed by atoms with E-state index in [2.05, 4.69) is 48.6 Å². The fourth-order valence-corrected chi connectivity index (χ4v) is 2.37. The van der Waals surface area contributed by atoms with Crippen LogP contribution in [-0.2, 0) is 13.1 Å². The molecule has 0 radical (unpaired) electrons. The Labute approximate surface area is 94.8 Å². The van der Waals surface area contributed by atoms with Crippen LogP contribution in [0.15, 0.2) is 42.5 Å². The average molecular weight is 217 g/mol. The van der Waals surface area contributed by atoms with Crippen LogP contribution in [0.25, 0.3) is 0 Å². The van der Waals surface area contributed by atoms with Gasteiger partial charge in [0.05, 0.1) is 0 Å². The highest BCUT2D eigenvalue weighted by Crippen LogP contribution is 2.14. The van der Waals surface area contributed by atoms with Crippen molar-refractivity contribution in [2.75, 3.05) is 0 Å². The summed E-state index contributed by atoms with van der Waals surface area (Å²) in [7, 11) is 0. The molecule has 2 rings (SSSR count). The predicted octanol–water partition coefficient (Wildman–Crippen LogP) is 3.35. The summed E-state index contributed by atoms with van der Waals surface area (Å²) in [6, 6.07) is 14.9. The molecular weight excluding hydrogens is 202 g/mol. The van der Waals surface area contributed by atoms with Gasteiger partial charge in [0.15, 0.2) is 0 Å². The molecule has 0 spiro atoms. The first-order valence-corrected chi connectivity index (χ1v) is 5.96. The van der Waals surface area contributed by atoms with Crippen LogP contribution in [0, 0.1) is 6.92 Å². The van der Waals surface area contributed by atoms with Crippen molar-refractivity contribution in [3.63, 3.8) is 0 Å². The summed E-state index contributed by atoms with van der Waals surface area (Å²) in [5, 5.41) is 3.44. The summed E-state index contributed by atoms with van der Waals surface area (Å²) < 4.78 is 0. The monoisotopic (exact) mass is 217 g/mol. The number of rotatable bonds is 4. The van der Waals surface area contributed by atoms with E-state index in [1.165, 1.54) is 15.3 Å². The number of hydrogen-bond acceptors (Lipinski definition) is 2. The summed E-state index contributed by atoms with van der Waals surface area (Å²) in [6.45, 7) is 4.05. The van der Waals surface area contributed by atoms with Crippen molar-refractivity contribution in [1.29, 1.82) is 0 Å². The first kappa shape index (κ1) is 10.4. The number of hydrogen-bond donors (Lipinski definition) is 1. The molecule has 1 N–H and O–H groups in total. The molecule has 1 aromatic carbocycles. The number of aryl methyl sites for hydroxylation is 1. The second kappa shape index (κ2) is 5.10. The maximum Gasteiger partial charge on any atom is 0.0303 e. The maximum atomic E-state index is 3.44. The SMILES string of the molecule is Cc1ccc(CNCc2ccccc2)s1. The van der Waals surface area contributed by atoms with Crippen molar-refractivity contribution in [2.45, 2.75) is 20.0 Å². The van der Waals surface area contributed by atoms with E-state index in [-0.39, 0.29) is 0 Å². The van der Waals surface area contributed by atoms with Gasteiger partial charge in [0.25, 0.3) is 0 Å². The molecule has 0 saturated heterocycles. The molecule has 0 aliphatic carbocycles. The third kappa shape index (κ3) is 3.18. The lowest BCUT2D eigenvalue weighted by atomic mass is 10.2. The van der Waals surface area contributed by atoms with Gasteiger partial charge >= 0.3 is 0 Å². The smallest absolute Gasteiger partial charge is 0.0303 e. The third-order valence-corrected chi connectivity index (χ3v) is 3.27. The Morgan fingerprint density at radius 2 is 1.80 bits per heavy atom. The average Bonchev–Trinajstić information content (AvgIpc) is 2.66. The molecule has 1 aromatic heterocycles. The van der Waals surface area contributed by atoms with Crippen molar-refractivity contribution >= 4 is 11.3 Å². The van der Waals surface area contributed by atoms with E-state index in [4.69, 9.17) is 0 Å². The molecule has 1 nitrogen and oxygen atoms in total. The molecule has 78 valence electrons. The predicted molar refractivity (Wildman–Crippen MR) is 66.0 cm³/mol.